The van der Waals surface area contributed by atoms with Crippen LogP contribution in [-0.2, 0) is 0 Å². The van der Waals surface area contributed by atoms with Crippen molar-refractivity contribution in [1.29, 1.82) is 0 Å². The maximum Gasteiger partial charge on any atom is 0.0460 e. The van der Waals surface area contributed by atoms with Crippen molar-refractivity contribution >= 4 is 16.5 Å². The Bertz CT molecular complexity index is 549. The summed E-state index contributed by atoms with van der Waals surface area (Å²) in [6.45, 7) is 4.23. The summed E-state index contributed by atoms with van der Waals surface area (Å²) in [6, 6.07) is 6.58. The lowest BCUT2D eigenvalue weighted by Crippen LogP contribution is -2.19. The molecule has 0 bridgehead atoms. The second-order valence-electron chi connectivity index (χ2n) is 4.43. The van der Waals surface area contributed by atoms with Crippen LogP contribution in [0.3, 0.4) is 0 Å². The van der Waals surface area contributed by atoms with Crippen LogP contribution in [0.2, 0.25) is 0 Å². The molecular weight excluding hydrogens is 196 g/mol. The van der Waals surface area contributed by atoms with E-state index >= 15 is 0 Å². The molecule has 0 amide bonds. The van der Waals surface area contributed by atoms with Crippen molar-refractivity contribution in [3.05, 3.63) is 41.6 Å². The minimum atomic E-state index is 0.994. The van der Waals surface area contributed by atoms with Crippen molar-refractivity contribution in [2.75, 3.05) is 13.1 Å². The zero-order valence-electron chi connectivity index (χ0n) is 9.51. The van der Waals surface area contributed by atoms with Gasteiger partial charge in [-0.2, -0.15) is 0 Å². The van der Waals surface area contributed by atoms with E-state index in [9.17, 15) is 0 Å². The van der Waals surface area contributed by atoms with Crippen LogP contribution in [0.1, 0.15) is 17.5 Å². The van der Waals surface area contributed by atoms with Crippen molar-refractivity contribution in [1.82, 2.24) is 10.3 Å². The number of aromatic amines is 1. The summed E-state index contributed by atoms with van der Waals surface area (Å²) in [6.07, 6.45) is 5.57. The van der Waals surface area contributed by atoms with Crippen LogP contribution in [0.5, 0.6) is 0 Å². The van der Waals surface area contributed by atoms with Crippen molar-refractivity contribution < 1.29 is 0 Å². The highest BCUT2D eigenvalue weighted by Crippen LogP contribution is 2.28. The Morgan fingerprint density at radius 1 is 1.25 bits per heavy atom. The Hall–Kier alpha value is -1.54. The van der Waals surface area contributed by atoms with Crippen molar-refractivity contribution in [2.24, 2.45) is 0 Å². The van der Waals surface area contributed by atoms with Crippen LogP contribution in [0.15, 0.2) is 30.5 Å². The zero-order chi connectivity index (χ0) is 11.0. The maximum atomic E-state index is 3.35. The fraction of sp³-hybridized carbons (Fsp3) is 0.286. The quantitative estimate of drug-likeness (QED) is 0.747. The Labute approximate surface area is 95.4 Å². The second kappa shape index (κ2) is 3.80. The van der Waals surface area contributed by atoms with Gasteiger partial charge < -0.3 is 10.3 Å². The Balaban J connectivity index is 2.16. The molecule has 0 spiro atoms. The molecule has 0 fully saturated rings. The van der Waals surface area contributed by atoms with E-state index in [0.717, 1.165) is 19.5 Å². The van der Waals surface area contributed by atoms with E-state index in [1.807, 2.05) is 0 Å². The molecule has 0 saturated carbocycles. The summed E-state index contributed by atoms with van der Waals surface area (Å²) < 4.78 is 0. The van der Waals surface area contributed by atoms with E-state index in [-0.39, 0.29) is 0 Å². The molecule has 3 rings (SSSR count). The summed E-state index contributed by atoms with van der Waals surface area (Å²) in [5, 5.41) is 4.70. The zero-order valence-corrected chi connectivity index (χ0v) is 9.51. The van der Waals surface area contributed by atoms with E-state index in [4.69, 9.17) is 0 Å². The van der Waals surface area contributed by atoms with Crippen LogP contribution in [0.4, 0.5) is 0 Å². The summed E-state index contributed by atoms with van der Waals surface area (Å²) in [5.41, 5.74) is 5.40. The molecule has 1 aliphatic heterocycles. The average molecular weight is 212 g/mol. The van der Waals surface area contributed by atoms with Gasteiger partial charge in [-0.15, -0.1) is 0 Å². The molecule has 0 saturated heterocycles. The first kappa shape index (κ1) is 9.67. The van der Waals surface area contributed by atoms with Gasteiger partial charge in [-0.1, -0.05) is 17.7 Å². The Morgan fingerprint density at radius 3 is 3.00 bits per heavy atom. The molecule has 1 aromatic carbocycles. The smallest absolute Gasteiger partial charge is 0.0460 e. The average Bonchev–Trinajstić information content (AvgIpc) is 2.73. The Kier molecular flexibility index (Phi) is 2.29. The van der Waals surface area contributed by atoms with Gasteiger partial charge in [0.05, 0.1) is 0 Å². The van der Waals surface area contributed by atoms with E-state index in [2.05, 4.69) is 47.7 Å². The molecule has 2 aromatic rings. The van der Waals surface area contributed by atoms with Gasteiger partial charge in [-0.25, -0.2) is 0 Å². The molecule has 0 aliphatic carbocycles. The molecule has 0 atom stereocenters. The number of fused-ring (bicyclic) bond motifs is 1. The van der Waals surface area contributed by atoms with Gasteiger partial charge in [0.25, 0.3) is 0 Å². The third kappa shape index (κ3) is 1.55. The van der Waals surface area contributed by atoms with Crippen LogP contribution >= 0.6 is 0 Å². The highest BCUT2D eigenvalue weighted by atomic mass is 14.8. The highest BCUT2D eigenvalue weighted by Gasteiger charge is 2.10. The van der Waals surface area contributed by atoms with E-state index in [1.165, 1.54) is 27.6 Å². The van der Waals surface area contributed by atoms with Crippen molar-refractivity contribution in [3.8, 4) is 0 Å². The largest absolute Gasteiger partial charge is 0.361 e. The Morgan fingerprint density at radius 2 is 2.19 bits per heavy atom. The molecule has 16 heavy (non-hydrogen) atoms. The third-order valence-corrected chi connectivity index (χ3v) is 3.25. The lowest BCUT2D eigenvalue weighted by molar-refractivity contribution is 0.739. The van der Waals surface area contributed by atoms with Crippen LogP contribution < -0.4 is 5.32 Å². The normalized spacial score (nSPS) is 16.4. The van der Waals surface area contributed by atoms with Crippen LogP contribution in [0.25, 0.3) is 16.5 Å². The standard InChI is InChI=1S/C14H16N2/c1-10-2-3-14-12(8-10)13(9-16-14)11-4-6-15-7-5-11/h2-4,8-9,15-16H,5-7H2,1H3. The molecule has 2 N–H and O–H groups in total. The first-order chi connectivity index (χ1) is 7.84. The molecule has 2 nitrogen and oxygen atoms in total. The molecule has 1 aliphatic rings. The van der Waals surface area contributed by atoms with Gasteiger partial charge in [0, 0.05) is 29.2 Å². The molecule has 2 heterocycles. The fourth-order valence-electron chi connectivity index (χ4n) is 2.37. The predicted molar refractivity (Wildman–Crippen MR) is 68.5 cm³/mol. The number of aromatic nitrogens is 1. The van der Waals surface area contributed by atoms with E-state index in [0.29, 0.717) is 0 Å². The number of rotatable bonds is 1. The molecular formula is C14H16N2. The number of benzene rings is 1. The summed E-state index contributed by atoms with van der Waals surface area (Å²) >= 11 is 0. The number of hydrogen-bond donors (Lipinski definition) is 2. The molecule has 0 radical (unpaired) electrons. The topological polar surface area (TPSA) is 27.8 Å². The molecule has 2 heteroatoms. The molecule has 82 valence electrons. The van der Waals surface area contributed by atoms with Gasteiger partial charge in [-0.05, 0) is 37.6 Å². The van der Waals surface area contributed by atoms with Crippen LogP contribution in [0, 0.1) is 6.92 Å². The van der Waals surface area contributed by atoms with Crippen molar-refractivity contribution in [3.63, 3.8) is 0 Å². The summed E-state index contributed by atoms with van der Waals surface area (Å²) in [7, 11) is 0. The van der Waals surface area contributed by atoms with Crippen molar-refractivity contribution in [2.45, 2.75) is 13.3 Å². The SMILES string of the molecule is Cc1ccc2[nH]cc(C3=CCNCC3)c2c1. The van der Waals surface area contributed by atoms with E-state index in [1.54, 1.807) is 0 Å². The first-order valence-electron chi connectivity index (χ1n) is 5.82. The van der Waals surface area contributed by atoms with Gasteiger partial charge in [0.1, 0.15) is 0 Å². The minimum absolute atomic E-state index is 0.994. The number of H-pyrrole nitrogens is 1. The summed E-state index contributed by atoms with van der Waals surface area (Å²) in [5.74, 6) is 0. The first-order valence-corrected chi connectivity index (χ1v) is 5.82. The molecule has 0 unspecified atom stereocenters. The second-order valence-corrected chi connectivity index (χ2v) is 4.43. The van der Waals surface area contributed by atoms with Crippen LogP contribution in [-0.4, -0.2) is 18.1 Å². The lowest BCUT2D eigenvalue weighted by Gasteiger charge is -2.13. The number of aryl methyl sites for hydroxylation is 1. The van der Waals surface area contributed by atoms with Gasteiger partial charge in [0.2, 0.25) is 0 Å². The third-order valence-electron chi connectivity index (χ3n) is 3.25. The maximum absolute atomic E-state index is 3.35. The lowest BCUT2D eigenvalue weighted by atomic mass is 9.99. The number of hydrogen-bond acceptors (Lipinski definition) is 1. The van der Waals surface area contributed by atoms with Gasteiger partial charge in [-0.3, -0.25) is 0 Å². The van der Waals surface area contributed by atoms with Gasteiger partial charge >= 0.3 is 0 Å². The monoisotopic (exact) mass is 212 g/mol. The highest BCUT2D eigenvalue weighted by molar-refractivity contribution is 5.93. The predicted octanol–water partition coefficient (Wildman–Crippen LogP) is 2.85. The number of nitrogens with one attached hydrogen (secondary N) is 2. The molecule has 1 aromatic heterocycles. The fourth-order valence-corrected chi connectivity index (χ4v) is 2.37. The van der Waals surface area contributed by atoms with Gasteiger partial charge in [0.15, 0.2) is 0 Å². The van der Waals surface area contributed by atoms with E-state index < -0.39 is 0 Å². The minimum Gasteiger partial charge on any atom is -0.361 e. The summed E-state index contributed by atoms with van der Waals surface area (Å²) in [4.78, 5) is 3.35.